The molecule has 2 amide bonds. The predicted octanol–water partition coefficient (Wildman–Crippen LogP) is 6.87. The van der Waals surface area contributed by atoms with Crippen LogP contribution in [0.25, 0.3) is 0 Å². The topological polar surface area (TPSA) is 139 Å². The summed E-state index contributed by atoms with van der Waals surface area (Å²) in [6, 6.07) is -0.0711. The molecular weight excluding hydrogens is 618 g/mol. The van der Waals surface area contributed by atoms with Crippen molar-refractivity contribution in [2.45, 2.75) is 151 Å². The van der Waals surface area contributed by atoms with Gasteiger partial charge in [-0.15, -0.1) is 0 Å². The fourth-order valence-electron chi connectivity index (χ4n) is 12.8. The minimum atomic E-state index is -1.16. The molecule has 0 aromatic carbocycles. The minimum absolute atomic E-state index is 0.00671. The van der Waals surface area contributed by atoms with E-state index < -0.39 is 22.9 Å². The van der Waals surface area contributed by atoms with Gasteiger partial charge in [0, 0.05) is 31.0 Å². The zero-order valence-corrected chi connectivity index (χ0v) is 31.7. The molecule has 5 fully saturated rings. The van der Waals surface area contributed by atoms with E-state index in [-0.39, 0.29) is 63.9 Å². The molecule has 6 rings (SSSR count). The zero-order chi connectivity index (χ0) is 36.1. The highest BCUT2D eigenvalue weighted by Crippen LogP contribution is 2.76. The van der Waals surface area contributed by atoms with Crippen LogP contribution in [0.4, 0.5) is 4.79 Å². The molecular formula is C40H63N3O6. The summed E-state index contributed by atoms with van der Waals surface area (Å²) in [4.78, 5) is 54.2. The lowest BCUT2D eigenvalue weighted by molar-refractivity contribution is -0.232. The van der Waals surface area contributed by atoms with Gasteiger partial charge in [-0.1, -0.05) is 48.5 Å². The van der Waals surface area contributed by atoms with Crippen LogP contribution in [0.1, 0.15) is 133 Å². The van der Waals surface area contributed by atoms with E-state index in [2.05, 4.69) is 53.8 Å². The molecule has 49 heavy (non-hydrogen) atoms. The number of fused-ring (bicyclic) bond motifs is 7. The van der Waals surface area contributed by atoms with Crippen LogP contribution >= 0.6 is 0 Å². The minimum Gasteiger partial charge on any atom is -0.481 e. The molecule has 9 atom stereocenters. The van der Waals surface area contributed by atoms with Gasteiger partial charge in [0.25, 0.3) is 0 Å². The van der Waals surface area contributed by atoms with Crippen LogP contribution in [-0.2, 0) is 19.1 Å². The van der Waals surface area contributed by atoms with Crippen LogP contribution < -0.4 is 11.1 Å². The highest BCUT2D eigenvalue weighted by molar-refractivity contribution is 6.02. The third-order valence-electron chi connectivity index (χ3n) is 15.7. The summed E-state index contributed by atoms with van der Waals surface area (Å²) in [5.74, 6) is -0.0317. The standard InChI is InChI=1S/C40H63N3O6/c1-23(2)31-26(44)20-40(42-34(48)43-19-14-24(41)22-43)18-17-38(8)25(32(31)40)10-11-28-37(7)15-13-29(49-30(45)21-35(3,4)33(46)47)36(5,6)27(37)12-16-39(28,38)9/h23-25,27-29H,10-22,41H2,1-9H3,(H,42,48)(H,46,47)/t24-,25?,27?,28?,29-,37-,38+,39+,40+/m0/s1. The van der Waals surface area contributed by atoms with Crippen molar-refractivity contribution in [2.75, 3.05) is 13.1 Å². The van der Waals surface area contributed by atoms with E-state index in [1.807, 2.05) is 4.90 Å². The van der Waals surface area contributed by atoms with Crippen LogP contribution in [0.5, 0.6) is 0 Å². The van der Waals surface area contributed by atoms with E-state index in [0.717, 1.165) is 63.4 Å². The molecule has 5 aliphatic carbocycles. The van der Waals surface area contributed by atoms with E-state index in [9.17, 15) is 24.3 Å². The summed E-state index contributed by atoms with van der Waals surface area (Å²) in [6.07, 6.45) is 8.49. The maximum atomic E-state index is 13.9. The molecule has 0 radical (unpaired) electrons. The molecule has 1 aliphatic heterocycles. The first-order chi connectivity index (χ1) is 22.6. The maximum absolute atomic E-state index is 13.9. The number of Topliss-reactive ketones (excluding diaryl/α,β-unsaturated/α-hetero) is 1. The second-order valence-corrected chi connectivity index (χ2v) is 19.4. The number of carbonyl (C=O) groups excluding carboxylic acids is 3. The van der Waals surface area contributed by atoms with Gasteiger partial charge in [0.05, 0.1) is 17.4 Å². The van der Waals surface area contributed by atoms with Gasteiger partial charge in [-0.25, -0.2) is 4.79 Å². The second-order valence-electron chi connectivity index (χ2n) is 19.4. The van der Waals surface area contributed by atoms with E-state index in [0.29, 0.717) is 31.3 Å². The number of nitrogens with two attached hydrogens (primary N) is 1. The Morgan fingerprint density at radius 1 is 0.959 bits per heavy atom. The van der Waals surface area contributed by atoms with Crippen molar-refractivity contribution in [3.8, 4) is 0 Å². The van der Waals surface area contributed by atoms with Gasteiger partial charge in [-0.2, -0.15) is 0 Å². The van der Waals surface area contributed by atoms with Gasteiger partial charge in [0.2, 0.25) is 0 Å². The number of carboxylic acid groups (broad SMARTS) is 1. The number of ether oxygens (including phenoxy) is 1. The Balaban J connectivity index is 1.29. The van der Waals surface area contributed by atoms with Gasteiger partial charge < -0.3 is 25.8 Å². The summed E-state index contributed by atoms with van der Waals surface area (Å²) in [6.45, 7) is 20.7. The molecule has 1 heterocycles. The van der Waals surface area contributed by atoms with Crippen molar-refractivity contribution in [3.63, 3.8) is 0 Å². The average molecular weight is 682 g/mol. The Labute approximate surface area is 293 Å². The van der Waals surface area contributed by atoms with Crippen molar-refractivity contribution >= 4 is 23.8 Å². The number of hydrogen-bond donors (Lipinski definition) is 3. The molecule has 0 spiro atoms. The number of esters is 1. The normalized spacial score (nSPS) is 41.5. The van der Waals surface area contributed by atoms with Crippen molar-refractivity contribution in [3.05, 3.63) is 11.1 Å². The molecule has 0 aromatic heterocycles. The number of urea groups is 1. The average Bonchev–Trinajstić information content (AvgIpc) is 3.55. The number of nitrogens with zero attached hydrogens (tertiary/aromatic N) is 1. The SMILES string of the molecule is CC(C)C1=C2C3CCC4[C@@]5(C)CC[C@H](OC(=O)CC(C)(C)C(=O)O)C(C)(C)C5CC[C@@]4(C)[C@]3(C)CC[C@@]2(NC(=O)N2CC[C@H](N)C2)CC1=O. The summed E-state index contributed by atoms with van der Waals surface area (Å²) >= 11 is 0. The molecule has 9 nitrogen and oxygen atoms in total. The first-order valence-electron chi connectivity index (χ1n) is 19.2. The lowest BCUT2D eigenvalue weighted by atomic mass is 9.33. The number of carboxylic acids is 1. The van der Waals surface area contributed by atoms with E-state index in [4.69, 9.17) is 10.5 Å². The number of carbonyl (C=O) groups is 4. The molecule has 274 valence electrons. The van der Waals surface area contributed by atoms with Gasteiger partial charge >= 0.3 is 18.0 Å². The fourth-order valence-corrected chi connectivity index (χ4v) is 12.8. The number of aliphatic carboxylic acids is 1. The molecule has 0 bridgehead atoms. The Morgan fingerprint density at radius 2 is 1.65 bits per heavy atom. The number of hydrogen-bond acceptors (Lipinski definition) is 6. The quantitative estimate of drug-likeness (QED) is 0.260. The number of rotatable bonds is 6. The Bertz CT molecular complexity index is 1450. The molecule has 0 aromatic rings. The van der Waals surface area contributed by atoms with Crippen molar-refractivity contribution in [2.24, 2.45) is 56.5 Å². The van der Waals surface area contributed by atoms with Crippen LogP contribution in [0.2, 0.25) is 0 Å². The number of amides is 2. The Kier molecular flexibility index (Phi) is 8.77. The molecule has 9 heteroatoms. The number of ketones is 1. The third-order valence-corrected chi connectivity index (χ3v) is 15.7. The lowest BCUT2D eigenvalue weighted by Crippen LogP contribution is -2.67. The zero-order valence-electron chi connectivity index (χ0n) is 31.7. The highest BCUT2D eigenvalue weighted by atomic mass is 16.5. The Hall–Kier alpha value is -2.42. The molecule has 3 unspecified atom stereocenters. The first-order valence-corrected chi connectivity index (χ1v) is 19.2. The van der Waals surface area contributed by atoms with Crippen LogP contribution in [0.15, 0.2) is 11.1 Å². The summed E-state index contributed by atoms with van der Waals surface area (Å²) in [7, 11) is 0. The van der Waals surface area contributed by atoms with Gasteiger partial charge in [0.1, 0.15) is 6.10 Å². The summed E-state index contributed by atoms with van der Waals surface area (Å²) < 4.78 is 6.15. The number of allylic oxidation sites excluding steroid dienone is 1. The van der Waals surface area contributed by atoms with E-state index in [1.165, 1.54) is 5.57 Å². The molecule has 4 saturated carbocycles. The third kappa shape index (κ3) is 5.40. The Morgan fingerprint density at radius 3 is 2.27 bits per heavy atom. The molecule has 6 aliphatic rings. The largest absolute Gasteiger partial charge is 0.481 e. The molecule has 4 N–H and O–H groups in total. The highest BCUT2D eigenvalue weighted by Gasteiger charge is 2.70. The van der Waals surface area contributed by atoms with Gasteiger partial charge in [-0.05, 0) is 123 Å². The van der Waals surface area contributed by atoms with E-state index >= 15 is 0 Å². The van der Waals surface area contributed by atoms with E-state index in [1.54, 1.807) is 13.8 Å². The van der Waals surface area contributed by atoms with Gasteiger partial charge in [-0.3, -0.25) is 14.4 Å². The van der Waals surface area contributed by atoms with Gasteiger partial charge in [0.15, 0.2) is 5.78 Å². The van der Waals surface area contributed by atoms with Crippen LogP contribution in [-0.4, -0.2) is 64.5 Å². The second kappa shape index (κ2) is 11.8. The number of likely N-dealkylation sites (tertiary alicyclic amines) is 1. The first kappa shape index (κ1) is 36.4. The predicted molar refractivity (Wildman–Crippen MR) is 188 cm³/mol. The lowest BCUT2D eigenvalue weighted by Gasteiger charge is -2.72. The summed E-state index contributed by atoms with van der Waals surface area (Å²) in [5, 5.41) is 13.1. The van der Waals surface area contributed by atoms with Crippen LogP contribution in [0, 0.1) is 50.7 Å². The fraction of sp³-hybridized carbons (Fsp3) is 0.850. The van der Waals surface area contributed by atoms with Crippen LogP contribution in [0.3, 0.4) is 0 Å². The monoisotopic (exact) mass is 681 g/mol. The van der Waals surface area contributed by atoms with Crippen molar-refractivity contribution < 1.29 is 29.0 Å². The molecule has 1 saturated heterocycles. The van der Waals surface area contributed by atoms with Crippen molar-refractivity contribution in [1.29, 1.82) is 0 Å². The summed E-state index contributed by atoms with van der Waals surface area (Å²) in [5.41, 5.74) is 6.44. The van der Waals surface area contributed by atoms with Crippen molar-refractivity contribution in [1.82, 2.24) is 10.2 Å². The maximum Gasteiger partial charge on any atom is 0.318 e. The smallest absolute Gasteiger partial charge is 0.318 e. The number of nitrogens with one attached hydrogen (secondary N) is 1.